The van der Waals surface area contributed by atoms with E-state index in [1.165, 1.54) is 6.07 Å². The van der Waals surface area contributed by atoms with Crippen molar-refractivity contribution in [3.63, 3.8) is 0 Å². The molecule has 0 amide bonds. The molecule has 1 aromatic rings. The molecule has 0 aliphatic rings. The maximum Gasteiger partial charge on any atom is 0.316 e. The molecule has 0 spiro atoms. The van der Waals surface area contributed by atoms with Gasteiger partial charge < -0.3 is 4.74 Å². The summed E-state index contributed by atoms with van der Waals surface area (Å²) in [5.74, 6) is -2.40. The van der Waals surface area contributed by atoms with Crippen LogP contribution in [0.2, 0.25) is 0 Å². The Morgan fingerprint density at radius 2 is 1.94 bits per heavy atom. The highest BCUT2D eigenvalue weighted by Gasteiger charge is 2.40. The van der Waals surface area contributed by atoms with E-state index in [4.69, 9.17) is 4.74 Å². The van der Waals surface area contributed by atoms with Gasteiger partial charge >= 0.3 is 5.97 Å². The SMILES string of the molecule is CCOC(=O)C(C)(c1ccc(F)c(F)c1)C(C)C. The van der Waals surface area contributed by atoms with Gasteiger partial charge in [0.2, 0.25) is 0 Å². The average Bonchev–Trinajstić information content (AvgIpc) is 2.31. The number of hydrogen-bond acceptors (Lipinski definition) is 2. The van der Waals surface area contributed by atoms with Crippen LogP contribution in [0.1, 0.15) is 33.3 Å². The van der Waals surface area contributed by atoms with Gasteiger partial charge in [0.25, 0.3) is 0 Å². The highest BCUT2D eigenvalue weighted by molar-refractivity contribution is 5.83. The van der Waals surface area contributed by atoms with Crippen LogP contribution < -0.4 is 0 Å². The normalized spacial score (nSPS) is 14.4. The predicted molar refractivity (Wildman–Crippen MR) is 65.2 cm³/mol. The highest BCUT2D eigenvalue weighted by atomic mass is 19.2. The monoisotopic (exact) mass is 256 g/mol. The topological polar surface area (TPSA) is 26.3 Å². The molecular formula is C14H18F2O2. The van der Waals surface area contributed by atoms with Crippen molar-refractivity contribution in [3.05, 3.63) is 35.4 Å². The maximum atomic E-state index is 13.3. The van der Waals surface area contributed by atoms with E-state index in [1.807, 2.05) is 13.8 Å². The number of ether oxygens (including phenoxy) is 1. The Morgan fingerprint density at radius 1 is 1.33 bits per heavy atom. The third-order valence-electron chi connectivity index (χ3n) is 3.37. The second-order valence-corrected chi connectivity index (χ2v) is 4.71. The van der Waals surface area contributed by atoms with Crippen LogP contribution in [0, 0.1) is 17.6 Å². The first kappa shape index (κ1) is 14.6. The number of carbonyl (C=O) groups excluding carboxylic acids is 1. The maximum absolute atomic E-state index is 13.3. The predicted octanol–water partition coefficient (Wildman–Crippen LogP) is 3.44. The van der Waals surface area contributed by atoms with Crippen LogP contribution in [-0.4, -0.2) is 12.6 Å². The molecule has 0 aromatic heterocycles. The van der Waals surface area contributed by atoms with Gasteiger partial charge in [-0.05, 0) is 37.5 Å². The molecule has 0 saturated carbocycles. The molecule has 0 radical (unpaired) electrons. The third-order valence-corrected chi connectivity index (χ3v) is 3.37. The Balaban J connectivity index is 3.26. The summed E-state index contributed by atoms with van der Waals surface area (Å²) in [7, 11) is 0. The number of rotatable bonds is 4. The largest absolute Gasteiger partial charge is 0.465 e. The van der Waals surface area contributed by atoms with Crippen LogP contribution in [0.5, 0.6) is 0 Å². The molecule has 18 heavy (non-hydrogen) atoms. The van der Waals surface area contributed by atoms with Crippen LogP contribution in [0.3, 0.4) is 0 Å². The van der Waals surface area contributed by atoms with E-state index < -0.39 is 23.0 Å². The zero-order valence-corrected chi connectivity index (χ0v) is 11.1. The lowest BCUT2D eigenvalue weighted by Crippen LogP contribution is -2.39. The number of esters is 1. The van der Waals surface area contributed by atoms with Gasteiger partial charge in [0, 0.05) is 0 Å². The van der Waals surface area contributed by atoms with Crippen molar-refractivity contribution in [3.8, 4) is 0 Å². The summed E-state index contributed by atoms with van der Waals surface area (Å²) < 4.78 is 31.3. The fourth-order valence-corrected chi connectivity index (χ4v) is 1.79. The number of hydrogen-bond donors (Lipinski definition) is 0. The van der Waals surface area contributed by atoms with Gasteiger partial charge in [-0.1, -0.05) is 19.9 Å². The van der Waals surface area contributed by atoms with Crippen molar-refractivity contribution in [1.29, 1.82) is 0 Å². The third kappa shape index (κ3) is 2.52. The standard InChI is InChI=1S/C14H18F2O2/c1-5-18-13(17)14(4,9(2)3)10-6-7-11(15)12(16)8-10/h6-9H,5H2,1-4H3. The second-order valence-electron chi connectivity index (χ2n) is 4.71. The zero-order chi connectivity index (χ0) is 13.9. The first-order valence-corrected chi connectivity index (χ1v) is 5.96. The molecule has 2 nitrogen and oxygen atoms in total. The first-order chi connectivity index (χ1) is 8.33. The van der Waals surface area contributed by atoms with Gasteiger partial charge in [-0.2, -0.15) is 0 Å². The van der Waals surface area contributed by atoms with Gasteiger partial charge in [-0.15, -0.1) is 0 Å². The number of benzene rings is 1. The Bertz CT molecular complexity index is 443. The van der Waals surface area contributed by atoms with Crippen molar-refractivity contribution in [2.75, 3.05) is 6.61 Å². The minimum Gasteiger partial charge on any atom is -0.465 e. The molecule has 0 aliphatic carbocycles. The number of carbonyl (C=O) groups is 1. The minimum absolute atomic E-state index is 0.0959. The molecule has 1 unspecified atom stereocenters. The lowest BCUT2D eigenvalue weighted by atomic mass is 9.73. The lowest BCUT2D eigenvalue weighted by molar-refractivity contribution is -0.151. The summed E-state index contributed by atoms with van der Waals surface area (Å²) >= 11 is 0. The Labute approximate surface area is 106 Å². The van der Waals surface area contributed by atoms with Crippen molar-refractivity contribution in [1.82, 2.24) is 0 Å². The lowest BCUT2D eigenvalue weighted by Gasteiger charge is -2.31. The molecule has 1 rings (SSSR count). The van der Waals surface area contributed by atoms with Gasteiger partial charge in [-0.3, -0.25) is 4.79 Å². The number of halogens is 2. The summed E-state index contributed by atoms with van der Waals surface area (Å²) in [5, 5.41) is 0. The van der Waals surface area contributed by atoms with Gasteiger partial charge in [-0.25, -0.2) is 8.78 Å². The molecule has 1 aromatic carbocycles. The molecule has 0 bridgehead atoms. The van der Waals surface area contributed by atoms with Crippen LogP contribution >= 0.6 is 0 Å². The molecule has 0 saturated heterocycles. The van der Waals surface area contributed by atoms with Crippen LogP contribution in [0.4, 0.5) is 8.78 Å². The van der Waals surface area contributed by atoms with Crippen LogP contribution in [0.25, 0.3) is 0 Å². The summed E-state index contributed by atoms with van der Waals surface area (Å²) in [5.41, 5.74) is -0.556. The average molecular weight is 256 g/mol. The summed E-state index contributed by atoms with van der Waals surface area (Å²) in [4.78, 5) is 12.1. The molecule has 0 fully saturated rings. The van der Waals surface area contributed by atoms with Gasteiger partial charge in [0.05, 0.1) is 12.0 Å². The Morgan fingerprint density at radius 3 is 2.39 bits per heavy atom. The van der Waals surface area contributed by atoms with Crippen LogP contribution in [0.15, 0.2) is 18.2 Å². The van der Waals surface area contributed by atoms with Gasteiger partial charge in [0.1, 0.15) is 0 Å². The van der Waals surface area contributed by atoms with E-state index in [1.54, 1.807) is 13.8 Å². The Hall–Kier alpha value is -1.45. The van der Waals surface area contributed by atoms with Crippen LogP contribution in [-0.2, 0) is 14.9 Å². The van der Waals surface area contributed by atoms with Gasteiger partial charge in [0.15, 0.2) is 11.6 Å². The summed E-state index contributed by atoms with van der Waals surface area (Å²) in [6, 6.07) is 3.52. The summed E-state index contributed by atoms with van der Waals surface area (Å²) in [6.07, 6.45) is 0. The smallest absolute Gasteiger partial charge is 0.316 e. The van der Waals surface area contributed by atoms with E-state index in [2.05, 4.69) is 0 Å². The van der Waals surface area contributed by atoms with E-state index in [0.29, 0.717) is 5.56 Å². The molecule has 0 N–H and O–H groups in total. The molecule has 0 aliphatic heterocycles. The van der Waals surface area contributed by atoms with Crippen molar-refractivity contribution in [2.24, 2.45) is 5.92 Å². The second kappa shape index (κ2) is 5.46. The molecule has 4 heteroatoms. The Kier molecular flexibility index (Phi) is 4.43. The van der Waals surface area contributed by atoms with E-state index in [-0.39, 0.29) is 12.5 Å². The molecular weight excluding hydrogens is 238 g/mol. The van der Waals surface area contributed by atoms with E-state index in [9.17, 15) is 13.6 Å². The van der Waals surface area contributed by atoms with E-state index in [0.717, 1.165) is 12.1 Å². The van der Waals surface area contributed by atoms with Crippen molar-refractivity contribution < 1.29 is 18.3 Å². The molecule has 100 valence electrons. The quantitative estimate of drug-likeness (QED) is 0.771. The summed E-state index contributed by atoms with van der Waals surface area (Å²) in [6.45, 7) is 7.34. The fourth-order valence-electron chi connectivity index (χ4n) is 1.79. The van der Waals surface area contributed by atoms with E-state index >= 15 is 0 Å². The van der Waals surface area contributed by atoms with Crippen molar-refractivity contribution >= 4 is 5.97 Å². The first-order valence-electron chi connectivity index (χ1n) is 5.96. The fraction of sp³-hybridized carbons (Fsp3) is 0.500. The molecule has 0 heterocycles. The highest BCUT2D eigenvalue weighted by Crippen LogP contribution is 2.34. The minimum atomic E-state index is -0.982. The zero-order valence-electron chi connectivity index (χ0n) is 11.1. The van der Waals surface area contributed by atoms with Crippen molar-refractivity contribution in [2.45, 2.75) is 33.1 Å². The molecule has 1 atom stereocenters.